The van der Waals surface area contributed by atoms with Gasteiger partial charge in [-0.3, -0.25) is 4.79 Å². The number of hydrogen-bond acceptors (Lipinski definition) is 5. The first-order valence-electron chi connectivity index (χ1n) is 9.99. The van der Waals surface area contributed by atoms with E-state index in [1.165, 1.54) is 24.3 Å². The normalized spacial score (nSPS) is 22.8. The topological polar surface area (TPSA) is 92.8 Å². The molecule has 3 unspecified atom stereocenters. The summed E-state index contributed by atoms with van der Waals surface area (Å²) < 4.78 is 29.4. The van der Waals surface area contributed by atoms with Crippen LogP contribution in [0.1, 0.15) is 58.3 Å². The van der Waals surface area contributed by atoms with E-state index in [9.17, 15) is 18.0 Å². The number of nitrogens with one attached hydrogen (secondary N) is 1. The highest BCUT2D eigenvalue weighted by Gasteiger charge is 2.38. The fourth-order valence-electron chi connectivity index (χ4n) is 3.45. The van der Waals surface area contributed by atoms with Crippen molar-refractivity contribution in [3.05, 3.63) is 29.8 Å². The van der Waals surface area contributed by atoms with Gasteiger partial charge in [0.05, 0.1) is 22.7 Å². The number of benzene rings is 1. The minimum absolute atomic E-state index is 0.0101. The van der Waals surface area contributed by atoms with Crippen LogP contribution in [-0.2, 0) is 14.6 Å². The number of sulfone groups is 1. The minimum Gasteiger partial charge on any atom is -0.444 e. The van der Waals surface area contributed by atoms with Crippen LogP contribution in [0.25, 0.3) is 0 Å². The van der Waals surface area contributed by atoms with Crippen molar-refractivity contribution in [2.45, 2.75) is 70.5 Å². The van der Waals surface area contributed by atoms with Gasteiger partial charge in [-0.1, -0.05) is 13.8 Å². The number of piperidine rings is 1. The lowest BCUT2D eigenvalue weighted by atomic mass is 9.87. The molecule has 0 saturated carbocycles. The predicted molar refractivity (Wildman–Crippen MR) is 112 cm³/mol. The lowest BCUT2D eigenvalue weighted by Crippen LogP contribution is -2.59. The maximum absolute atomic E-state index is 12.7. The predicted octanol–water partition coefficient (Wildman–Crippen LogP) is 3.24. The number of nitrogens with zero attached hydrogens (tertiary/aromatic N) is 1. The average molecular weight is 425 g/mol. The van der Waals surface area contributed by atoms with Gasteiger partial charge in [0.15, 0.2) is 9.84 Å². The Labute approximate surface area is 173 Å². The molecule has 1 aliphatic rings. The first-order chi connectivity index (χ1) is 13.4. The molecule has 1 heterocycles. The molecule has 1 aromatic rings. The van der Waals surface area contributed by atoms with Crippen molar-refractivity contribution in [3.8, 4) is 0 Å². The first kappa shape index (κ1) is 23.2. The third-order valence-corrected chi connectivity index (χ3v) is 6.98. The molecule has 1 saturated heterocycles. The van der Waals surface area contributed by atoms with Crippen LogP contribution >= 0.6 is 0 Å². The van der Waals surface area contributed by atoms with Gasteiger partial charge in [0.2, 0.25) is 0 Å². The van der Waals surface area contributed by atoms with Crippen LogP contribution in [-0.4, -0.2) is 55.3 Å². The van der Waals surface area contributed by atoms with Crippen molar-refractivity contribution in [3.63, 3.8) is 0 Å². The van der Waals surface area contributed by atoms with Crippen molar-refractivity contribution in [2.75, 3.05) is 12.3 Å². The van der Waals surface area contributed by atoms with Crippen LogP contribution < -0.4 is 5.32 Å². The Kier molecular flexibility index (Phi) is 6.98. The van der Waals surface area contributed by atoms with Crippen molar-refractivity contribution in [1.29, 1.82) is 0 Å². The summed E-state index contributed by atoms with van der Waals surface area (Å²) in [5.41, 5.74) is -0.201. The fraction of sp³-hybridized carbons (Fsp3) is 0.619. The molecule has 0 aromatic heterocycles. The zero-order chi connectivity index (χ0) is 22.0. The maximum Gasteiger partial charge on any atom is 0.410 e. The van der Waals surface area contributed by atoms with E-state index in [2.05, 4.69) is 5.32 Å². The van der Waals surface area contributed by atoms with Crippen LogP contribution in [0.4, 0.5) is 4.79 Å². The molecular formula is C21H32N2O5S. The van der Waals surface area contributed by atoms with Crippen molar-refractivity contribution in [1.82, 2.24) is 10.2 Å². The molecule has 8 heteroatoms. The number of ether oxygens (including phenoxy) is 1. The molecular weight excluding hydrogens is 392 g/mol. The van der Waals surface area contributed by atoms with E-state index >= 15 is 0 Å². The Morgan fingerprint density at radius 2 is 1.76 bits per heavy atom. The molecule has 29 heavy (non-hydrogen) atoms. The fourth-order valence-corrected chi connectivity index (χ4v) is 4.34. The van der Waals surface area contributed by atoms with E-state index < -0.39 is 15.4 Å². The molecule has 2 rings (SSSR count). The summed E-state index contributed by atoms with van der Waals surface area (Å²) in [5.74, 6) is -0.0940. The highest BCUT2D eigenvalue weighted by Crippen LogP contribution is 2.25. The minimum atomic E-state index is -3.31. The van der Waals surface area contributed by atoms with Crippen LogP contribution in [0.15, 0.2) is 29.2 Å². The van der Waals surface area contributed by atoms with Crippen molar-refractivity contribution in [2.24, 2.45) is 5.92 Å². The second kappa shape index (κ2) is 8.73. The van der Waals surface area contributed by atoms with E-state index in [0.29, 0.717) is 12.1 Å². The van der Waals surface area contributed by atoms with Gasteiger partial charge >= 0.3 is 6.09 Å². The number of rotatable bonds is 4. The largest absolute Gasteiger partial charge is 0.444 e. The van der Waals surface area contributed by atoms with Crippen LogP contribution in [0.5, 0.6) is 0 Å². The molecule has 3 atom stereocenters. The summed E-state index contributed by atoms with van der Waals surface area (Å²) in [6.45, 7) is 11.6. The summed E-state index contributed by atoms with van der Waals surface area (Å²) in [4.78, 5) is 27.1. The number of hydrogen-bond donors (Lipinski definition) is 1. The summed E-state index contributed by atoms with van der Waals surface area (Å²) in [6.07, 6.45) is 0.368. The summed E-state index contributed by atoms with van der Waals surface area (Å²) in [7, 11) is -3.31. The molecule has 162 valence electrons. The average Bonchev–Trinajstić information content (AvgIpc) is 2.63. The standard InChI is InChI=1S/C21H32N2O5S/c1-7-29(26,27)17-10-8-16(9-11-17)19(24)22-18-14(2)12-13-23(15(18)3)20(25)28-21(4,5)6/h8-11,14-15,18H,7,12-13H2,1-6H3,(H,22,24). The van der Waals surface area contributed by atoms with Crippen molar-refractivity contribution >= 4 is 21.8 Å². The van der Waals surface area contributed by atoms with E-state index in [4.69, 9.17) is 4.74 Å². The Bertz CT molecular complexity index is 843. The van der Waals surface area contributed by atoms with E-state index in [1.807, 2.05) is 34.6 Å². The van der Waals surface area contributed by atoms with Gasteiger partial charge in [-0.25, -0.2) is 13.2 Å². The third kappa shape index (κ3) is 5.72. The number of carbonyl (C=O) groups excluding carboxylic acids is 2. The van der Waals surface area contributed by atoms with Gasteiger partial charge in [-0.2, -0.15) is 0 Å². The molecule has 7 nitrogen and oxygen atoms in total. The van der Waals surface area contributed by atoms with Gasteiger partial charge in [-0.15, -0.1) is 0 Å². The summed E-state index contributed by atoms with van der Waals surface area (Å²) in [5, 5.41) is 3.02. The molecule has 1 fully saturated rings. The number of carbonyl (C=O) groups is 2. The Morgan fingerprint density at radius 1 is 1.17 bits per heavy atom. The first-order valence-corrected chi connectivity index (χ1v) is 11.6. The Balaban J connectivity index is 2.12. The van der Waals surface area contributed by atoms with E-state index in [0.717, 1.165) is 6.42 Å². The van der Waals surface area contributed by atoms with E-state index in [1.54, 1.807) is 11.8 Å². The molecule has 1 aliphatic heterocycles. The summed E-state index contributed by atoms with van der Waals surface area (Å²) in [6, 6.07) is 5.48. The lowest BCUT2D eigenvalue weighted by Gasteiger charge is -2.43. The van der Waals surface area contributed by atoms with Crippen LogP contribution in [0.2, 0.25) is 0 Å². The van der Waals surface area contributed by atoms with E-state index in [-0.39, 0.29) is 40.7 Å². The monoisotopic (exact) mass is 424 g/mol. The molecule has 2 amide bonds. The highest BCUT2D eigenvalue weighted by atomic mass is 32.2. The lowest BCUT2D eigenvalue weighted by molar-refractivity contribution is 0.000871. The maximum atomic E-state index is 12.7. The van der Waals surface area contributed by atoms with Crippen LogP contribution in [0.3, 0.4) is 0 Å². The molecule has 1 aromatic carbocycles. The second-order valence-corrected chi connectivity index (χ2v) is 10.9. The SMILES string of the molecule is CCS(=O)(=O)c1ccc(C(=O)NC2C(C)CCN(C(=O)OC(C)(C)C)C2C)cc1. The van der Waals surface area contributed by atoms with Gasteiger partial charge in [0.1, 0.15) is 5.60 Å². The van der Waals surface area contributed by atoms with Gasteiger partial charge in [-0.05, 0) is 64.3 Å². The van der Waals surface area contributed by atoms with Gasteiger partial charge in [0, 0.05) is 12.1 Å². The number of likely N-dealkylation sites (tertiary alicyclic amines) is 1. The third-order valence-electron chi connectivity index (χ3n) is 5.23. The Hall–Kier alpha value is -2.09. The zero-order valence-corrected chi connectivity index (χ0v) is 18.9. The second-order valence-electron chi connectivity index (χ2n) is 8.61. The highest BCUT2D eigenvalue weighted by molar-refractivity contribution is 7.91. The molecule has 0 bridgehead atoms. The molecule has 0 spiro atoms. The van der Waals surface area contributed by atoms with Crippen LogP contribution in [0, 0.1) is 5.92 Å². The quantitative estimate of drug-likeness (QED) is 0.801. The number of amides is 2. The molecule has 0 aliphatic carbocycles. The molecule has 0 radical (unpaired) electrons. The Morgan fingerprint density at radius 3 is 2.28 bits per heavy atom. The summed E-state index contributed by atoms with van der Waals surface area (Å²) >= 11 is 0. The van der Waals surface area contributed by atoms with Gasteiger partial charge in [0.25, 0.3) is 5.91 Å². The zero-order valence-electron chi connectivity index (χ0n) is 18.1. The smallest absolute Gasteiger partial charge is 0.410 e. The molecule has 1 N–H and O–H groups in total. The van der Waals surface area contributed by atoms with Crippen molar-refractivity contribution < 1.29 is 22.7 Å². The van der Waals surface area contributed by atoms with Gasteiger partial charge < -0.3 is 15.0 Å².